The number of likely N-dealkylation sites (N-methyl/N-ethyl adjacent to an activating group) is 1. The second-order valence-corrected chi connectivity index (χ2v) is 6.45. The summed E-state index contributed by atoms with van der Waals surface area (Å²) in [5.41, 5.74) is 3.78. The van der Waals surface area contributed by atoms with Crippen LogP contribution in [0.3, 0.4) is 0 Å². The van der Waals surface area contributed by atoms with Crippen molar-refractivity contribution in [2.45, 2.75) is 26.5 Å². The fourth-order valence-corrected chi connectivity index (χ4v) is 2.79. The van der Waals surface area contributed by atoms with Crippen LogP contribution in [0.25, 0.3) is 0 Å². The SMILES string of the molecule is COC(=O)c1ccc(OC[C@H](O)CN(C)Cc2c(C)nn(C)c2C)cc1. The second kappa shape index (κ2) is 8.82. The summed E-state index contributed by atoms with van der Waals surface area (Å²) in [5, 5.41) is 14.6. The highest BCUT2D eigenvalue weighted by Gasteiger charge is 2.15. The molecule has 1 heterocycles. The van der Waals surface area contributed by atoms with E-state index in [0.29, 0.717) is 17.9 Å². The Morgan fingerprint density at radius 3 is 2.50 bits per heavy atom. The van der Waals surface area contributed by atoms with Crippen molar-refractivity contribution in [3.8, 4) is 5.75 Å². The summed E-state index contributed by atoms with van der Waals surface area (Å²) in [6, 6.07) is 6.64. The lowest BCUT2D eigenvalue weighted by molar-refractivity contribution is 0.0600. The van der Waals surface area contributed by atoms with Gasteiger partial charge in [-0.25, -0.2) is 4.79 Å². The van der Waals surface area contributed by atoms with Gasteiger partial charge in [0.15, 0.2) is 0 Å². The van der Waals surface area contributed by atoms with Gasteiger partial charge >= 0.3 is 5.97 Å². The molecule has 7 heteroatoms. The number of methoxy groups -OCH3 is 1. The van der Waals surface area contributed by atoms with Crippen LogP contribution < -0.4 is 4.74 Å². The largest absolute Gasteiger partial charge is 0.491 e. The Morgan fingerprint density at radius 1 is 1.31 bits per heavy atom. The summed E-state index contributed by atoms with van der Waals surface area (Å²) in [4.78, 5) is 13.4. The minimum Gasteiger partial charge on any atom is -0.491 e. The van der Waals surface area contributed by atoms with Gasteiger partial charge in [0, 0.05) is 31.4 Å². The number of rotatable bonds is 8. The topological polar surface area (TPSA) is 76.8 Å². The molecule has 2 aromatic rings. The highest BCUT2D eigenvalue weighted by molar-refractivity contribution is 5.89. The number of aliphatic hydroxyl groups excluding tert-OH is 1. The van der Waals surface area contributed by atoms with Gasteiger partial charge in [-0.3, -0.25) is 9.58 Å². The van der Waals surface area contributed by atoms with Crippen LogP contribution in [-0.2, 0) is 18.3 Å². The number of aliphatic hydroxyl groups is 1. The number of hydrogen-bond acceptors (Lipinski definition) is 6. The van der Waals surface area contributed by atoms with Gasteiger partial charge in [0.05, 0.1) is 18.4 Å². The molecule has 0 amide bonds. The van der Waals surface area contributed by atoms with Crippen LogP contribution in [0.1, 0.15) is 27.3 Å². The molecule has 0 unspecified atom stereocenters. The first-order chi connectivity index (χ1) is 12.3. The normalized spacial score (nSPS) is 12.3. The molecule has 142 valence electrons. The highest BCUT2D eigenvalue weighted by atomic mass is 16.5. The molecule has 0 aliphatic heterocycles. The smallest absolute Gasteiger partial charge is 0.337 e. The van der Waals surface area contributed by atoms with E-state index in [9.17, 15) is 9.90 Å². The molecule has 0 aliphatic carbocycles. The molecule has 0 saturated carbocycles. The quantitative estimate of drug-likeness (QED) is 0.721. The maximum absolute atomic E-state index is 11.4. The van der Waals surface area contributed by atoms with Crippen molar-refractivity contribution in [3.05, 3.63) is 46.8 Å². The maximum Gasteiger partial charge on any atom is 0.337 e. The molecule has 0 aliphatic rings. The van der Waals surface area contributed by atoms with E-state index in [1.807, 2.05) is 37.5 Å². The third-order valence-electron chi connectivity index (χ3n) is 4.33. The summed E-state index contributed by atoms with van der Waals surface area (Å²) in [6.45, 7) is 5.41. The predicted molar refractivity (Wildman–Crippen MR) is 98.3 cm³/mol. The number of ether oxygens (including phenoxy) is 2. The predicted octanol–water partition coefficient (Wildman–Crippen LogP) is 1.70. The van der Waals surface area contributed by atoms with Crippen LogP contribution in [0.2, 0.25) is 0 Å². The summed E-state index contributed by atoms with van der Waals surface area (Å²) in [5.74, 6) is 0.206. The zero-order valence-corrected chi connectivity index (χ0v) is 16.0. The molecule has 2 rings (SSSR count). The average Bonchev–Trinajstić information content (AvgIpc) is 2.85. The molecular formula is C19H27N3O4. The third-order valence-corrected chi connectivity index (χ3v) is 4.33. The van der Waals surface area contributed by atoms with Crippen LogP contribution in [0.15, 0.2) is 24.3 Å². The molecule has 1 atom stereocenters. The molecule has 7 nitrogen and oxygen atoms in total. The van der Waals surface area contributed by atoms with Crippen molar-refractivity contribution < 1.29 is 19.4 Å². The Labute approximate surface area is 154 Å². The molecule has 0 fully saturated rings. The van der Waals surface area contributed by atoms with Gasteiger partial charge in [-0.05, 0) is 45.2 Å². The lowest BCUT2D eigenvalue weighted by Gasteiger charge is -2.21. The van der Waals surface area contributed by atoms with Gasteiger partial charge in [-0.2, -0.15) is 5.10 Å². The molecule has 0 radical (unpaired) electrons. The van der Waals surface area contributed by atoms with Gasteiger partial charge in [0.2, 0.25) is 0 Å². The van der Waals surface area contributed by atoms with Crippen LogP contribution in [0.4, 0.5) is 0 Å². The van der Waals surface area contributed by atoms with E-state index in [-0.39, 0.29) is 12.6 Å². The Balaban J connectivity index is 1.82. The monoisotopic (exact) mass is 361 g/mol. The lowest BCUT2D eigenvalue weighted by atomic mass is 10.2. The van der Waals surface area contributed by atoms with E-state index in [2.05, 4.69) is 9.84 Å². The first-order valence-corrected chi connectivity index (χ1v) is 8.48. The van der Waals surface area contributed by atoms with Crippen molar-refractivity contribution in [1.82, 2.24) is 14.7 Å². The van der Waals surface area contributed by atoms with Gasteiger partial charge in [0.25, 0.3) is 0 Å². The molecule has 1 aromatic carbocycles. The van der Waals surface area contributed by atoms with E-state index in [0.717, 1.165) is 17.9 Å². The summed E-state index contributed by atoms with van der Waals surface area (Å²) in [7, 11) is 5.23. The fraction of sp³-hybridized carbons (Fsp3) is 0.474. The number of nitrogens with zero attached hydrogens (tertiary/aromatic N) is 3. The van der Waals surface area contributed by atoms with Crippen molar-refractivity contribution in [2.24, 2.45) is 7.05 Å². The third kappa shape index (κ3) is 5.06. The fourth-order valence-electron chi connectivity index (χ4n) is 2.79. The molecule has 1 aromatic heterocycles. The summed E-state index contributed by atoms with van der Waals surface area (Å²) in [6.07, 6.45) is -0.627. The van der Waals surface area contributed by atoms with Crippen LogP contribution >= 0.6 is 0 Å². The van der Waals surface area contributed by atoms with E-state index in [1.165, 1.54) is 12.7 Å². The van der Waals surface area contributed by atoms with Crippen LogP contribution in [0.5, 0.6) is 5.75 Å². The minimum absolute atomic E-state index is 0.174. The van der Waals surface area contributed by atoms with Gasteiger partial charge in [-0.1, -0.05) is 0 Å². The average molecular weight is 361 g/mol. The maximum atomic E-state index is 11.4. The van der Waals surface area contributed by atoms with Gasteiger partial charge < -0.3 is 14.6 Å². The Bertz CT molecular complexity index is 740. The van der Waals surface area contributed by atoms with E-state index < -0.39 is 6.10 Å². The molecular weight excluding hydrogens is 334 g/mol. The van der Waals surface area contributed by atoms with Gasteiger partial charge in [0.1, 0.15) is 18.5 Å². The zero-order chi connectivity index (χ0) is 19.3. The van der Waals surface area contributed by atoms with E-state index >= 15 is 0 Å². The highest BCUT2D eigenvalue weighted by Crippen LogP contribution is 2.15. The zero-order valence-electron chi connectivity index (χ0n) is 16.0. The molecule has 0 spiro atoms. The number of hydrogen-bond donors (Lipinski definition) is 1. The van der Waals surface area contributed by atoms with Crippen LogP contribution in [-0.4, -0.2) is 59.2 Å². The van der Waals surface area contributed by atoms with E-state index in [1.54, 1.807) is 24.3 Å². The number of aromatic nitrogens is 2. The van der Waals surface area contributed by atoms with Crippen molar-refractivity contribution in [3.63, 3.8) is 0 Å². The standard InChI is InChI=1S/C19H27N3O4/c1-13-18(14(2)22(4)20-13)11-21(3)10-16(23)12-26-17-8-6-15(7-9-17)19(24)25-5/h6-9,16,23H,10-12H2,1-5H3/t16-/m1/s1. The minimum atomic E-state index is -0.627. The first-order valence-electron chi connectivity index (χ1n) is 8.48. The molecule has 26 heavy (non-hydrogen) atoms. The number of carbonyl (C=O) groups is 1. The van der Waals surface area contributed by atoms with Gasteiger partial charge in [-0.15, -0.1) is 0 Å². The second-order valence-electron chi connectivity index (χ2n) is 6.45. The van der Waals surface area contributed by atoms with Crippen LogP contribution in [0, 0.1) is 13.8 Å². The van der Waals surface area contributed by atoms with E-state index in [4.69, 9.17) is 4.74 Å². The summed E-state index contributed by atoms with van der Waals surface area (Å²) < 4.78 is 12.1. The number of esters is 1. The molecule has 1 N–H and O–H groups in total. The Kier molecular flexibility index (Phi) is 6.76. The number of carbonyl (C=O) groups excluding carboxylic acids is 1. The lowest BCUT2D eigenvalue weighted by Crippen LogP contribution is -2.33. The Morgan fingerprint density at radius 2 is 1.96 bits per heavy atom. The van der Waals surface area contributed by atoms with Crippen molar-refractivity contribution >= 4 is 5.97 Å². The summed E-state index contributed by atoms with van der Waals surface area (Å²) >= 11 is 0. The van der Waals surface area contributed by atoms with Crippen molar-refractivity contribution in [2.75, 3.05) is 27.3 Å². The molecule has 0 saturated heterocycles. The molecule has 0 bridgehead atoms. The first kappa shape index (κ1) is 19.9. The Hall–Kier alpha value is -2.38. The van der Waals surface area contributed by atoms with Crippen molar-refractivity contribution in [1.29, 1.82) is 0 Å². The number of benzene rings is 1. The number of aryl methyl sites for hydroxylation is 2.